The smallest absolute Gasteiger partial charge is 0.306 e. The zero-order valence-electron chi connectivity index (χ0n) is 15.6. The third-order valence-corrected chi connectivity index (χ3v) is 5.43. The lowest BCUT2D eigenvalue weighted by Crippen LogP contribution is -2.45. The molecule has 1 aliphatic heterocycles. The van der Waals surface area contributed by atoms with Crippen LogP contribution in [-0.4, -0.2) is 22.8 Å². The molecule has 23 heavy (non-hydrogen) atoms. The molecule has 1 N–H and O–H groups in total. The van der Waals surface area contributed by atoms with Crippen molar-refractivity contribution >= 4 is 5.97 Å². The minimum atomic E-state index is -0.826. The number of carboxylic acids is 1. The average Bonchev–Trinajstić information content (AvgIpc) is 2.49. The highest BCUT2D eigenvalue weighted by molar-refractivity contribution is 5.67. The first-order valence-electron chi connectivity index (χ1n) is 9.42. The summed E-state index contributed by atoms with van der Waals surface area (Å²) in [5, 5.41) is 8.96. The Labute approximate surface area is 141 Å². The van der Waals surface area contributed by atoms with Gasteiger partial charge < -0.3 is 5.11 Å². The summed E-state index contributed by atoms with van der Waals surface area (Å²) in [6.07, 6.45) is 7.51. The maximum atomic E-state index is 10.9. The Hall–Kier alpha value is -0.610. The van der Waals surface area contributed by atoms with Crippen LogP contribution < -0.4 is 0 Å². The van der Waals surface area contributed by atoms with Crippen LogP contribution in [0.15, 0.2) is 0 Å². The fraction of sp³-hybridized carbons (Fsp3) is 0.947. The molecule has 1 saturated heterocycles. The van der Waals surface area contributed by atoms with E-state index in [2.05, 4.69) is 34.6 Å². The highest BCUT2D eigenvalue weighted by Crippen LogP contribution is 2.40. The third-order valence-electron chi connectivity index (χ3n) is 5.43. The normalized spacial score (nSPS) is 30.8. The van der Waals surface area contributed by atoms with Crippen LogP contribution in [0, 0.1) is 17.8 Å². The molecule has 0 spiro atoms. The lowest BCUT2D eigenvalue weighted by atomic mass is 9.77. The number of hydrogen-bond donors (Lipinski definition) is 1. The molecule has 0 aromatic carbocycles. The van der Waals surface area contributed by atoms with Crippen molar-refractivity contribution < 1.29 is 19.7 Å². The van der Waals surface area contributed by atoms with Crippen LogP contribution in [0.4, 0.5) is 0 Å². The van der Waals surface area contributed by atoms with Crippen LogP contribution in [0.1, 0.15) is 86.0 Å². The standard InChI is InChI=1S/C19H36O4/c1-6-9-16(7-2)10-14(4)12-19(8-3)13-15(5)17(22-23-19)11-18(20)21/h14-17H,6-13H2,1-5H3,(H,20,21). The minimum absolute atomic E-state index is 0.0188. The second-order valence-corrected chi connectivity index (χ2v) is 7.64. The summed E-state index contributed by atoms with van der Waals surface area (Å²) in [4.78, 5) is 22.2. The zero-order valence-corrected chi connectivity index (χ0v) is 15.6. The van der Waals surface area contributed by atoms with Gasteiger partial charge in [0.1, 0.15) is 11.7 Å². The Morgan fingerprint density at radius 3 is 2.52 bits per heavy atom. The fourth-order valence-electron chi connectivity index (χ4n) is 4.07. The van der Waals surface area contributed by atoms with Crippen molar-refractivity contribution in [1.82, 2.24) is 0 Å². The largest absolute Gasteiger partial charge is 0.481 e. The van der Waals surface area contributed by atoms with E-state index in [-0.39, 0.29) is 24.0 Å². The fourth-order valence-corrected chi connectivity index (χ4v) is 4.07. The van der Waals surface area contributed by atoms with E-state index in [9.17, 15) is 4.79 Å². The van der Waals surface area contributed by atoms with Gasteiger partial charge in [-0.2, -0.15) is 0 Å². The highest BCUT2D eigenvalue weighted by atomic mass is 17.2. The molecule has 0 radical (unpaired) electrons. The molecule has 1 rings (SSSR count). The van der Waals surface area contributed by atoms with Crippen molar-refractivity contribution in [2.24, 2.45) is 17.8 Å². The summed E-state index contributed by atoms with van der Waals surface area (Å²) in [5.74, 6) is 0.779. The van der Waals surface area contributed by atoms with E-state index in [1.165, 1.54) is 25.7 Å². The van der Waals surface area contributed by atoms with E-state index in [1.807, 2.05) is 0 Å². The summed E-state index contributed by atoms with van der Waals surface area (Å²) in [6.45, 7) is 11.1. The average molecular weight is 328 g/mol. The van der Waals surface area contributed by atoms with Crippen LogP contribution in [0.3, 0.4) is 0 Å². The second kappa shape index (κ2) is 9.63. The molecule has 5 atom stereocenters. The number of aliphatic carboxylic acids is 1. The van der Waals surface area contributed by atoms with E-state index in [1.54, 1.807) is 0 Å². The Morgan fingerprint density at radius 2 is 2.04 bits per heavy atom. The molecule has 0 saturated carbocycles. The summed E-state index contributed by atoms with van der Waals surface area (Å²) in [6, 6.07) is 0. The van der Waals surface area contributed by atoms with Crippen LogP contribution in [-0.2, 0) is 14.6 Å². The number of rotatable bonds is 10. The van der Waals surface area contributed by atoms with Gasteiger partial charge in [-0.25, -0.2) is 9.78 Å². The SMILES string of the molecule is CCCC(CC)CC(C)CC1(CC)CC(C)C(CC(=O)O)OO1. The molecular formula is C19H36O4. The van der Waals surface area contributed by atoms with E-state index >= 15 is 0 Å². The number of carbonyl (C=O) groups is 1. The van der Waals surface area contributed by atoms with E-state index in [0.29, 0.717) is 5.92 Å². The molecule has 1 heterocycles. The van der Waals surface area contributed by atoms with Crippen molar-refractivity contribution in [2.75, 3.05) is 0 Å². The molecular weight excluding hydrogens is 292 g/mol. The Kier molecular flexibility index (Phi) is 8.56. The molecule has 4 nitrogen and oxygen atoms in total. The predicted molar refractivity (Wildman–Crippen MR) is 92.1 cm³/mol. The number of hydrogen-bond acceptors (Lipinski definition) is 3. The third kappa shape index (κ3) is 6.42. The molecule has 5 unspecified atom stereocenters. The van der Waals surface area contributed by atoms with Gasteiger partial charge in [-0.1, -0.05) is 53.9 Å². The van der Waals surface area contributed by atoms with Crippen LogP contribution in [0.25, 0.3) is 0 Å². The van der Waals surface area contributed by atoms with Crippen molar-refractivity contribution in [3.63, 3.8) is 0 Å². The minimum Gasteiger partial charge on any atom is -0.481 e. The van der Waals surface area contributed by atoms with Gasteiger partial charge in [0.25, 0.3) is 0 Å². The van der Waals surface area contributed by atoms with Gasteiger partial charge in [-0.05, 0) is 43.4 Å². The first kappa shape index (κ1) is 20.4. The Bertz CT molecular complexity index is 357. The predicted octanol–water partition coefficient (Wildman–Crippen LogP) is 5.21. The van der Waals surface area contributed by atoms with Gasteiger partial charge >= 0.3 is 5.97 Å². The first-order chi connectivity index (χ1) is 10.9. The molecule has 136 valence electrons. The van der Waals surface area contributed by atoms with E-state index in [0.717, 1.165) is 25.2 Å². The Morgan fingerprint density at radius 1 is 1.35 bits per heavy atom. The molecule has 0 aromatic rings. The van der Waals surface area contributed by atoms with Gasteiger partial charge in [0.05, 0.1) is 6.42 Å². The molecule has 0 amide bonds. The highest BCUT2D eigenvalue weighted by Gasteiger charge is 2.42. The summed E-state index contributed by atoms with van der Waals surface area (Å²) >= 11 is 0. The Balaban J connectivity index is 2.60. The molecule has 1 aliphatic rings. The summed E-state index contributed by atoms with van der Waals surface area (Å²) < 4.78 is 0. The van der Waals surface area contributed by atoms with E-state index in [4.69, 9.17) is 14.9 Å². The van der Waals surface area contributed by atoms with Gasteiger partial charge in [0.15, 0.2) is 0 Å². The molecule has 0 aliphatic carbocycles. The van der Waals surface area contributed by atoms with Crippen molar-refractivity contribution in [2.45, 2.75) is 97.7 Å². The summed E-state index contributed by atoms with van der Waals surface area (Å²) in [5.41, 5.74) is -0.252. The van der Waals surface area contributed by atoms with Crippen molar-refractivity contribution in [3.05, 3.63) is 0 Å². The topological polar surface area (TPSA) is 55.8 Å². The first-order valence-corrected chi connectivity index (χ1v) is 9.42. The zero-order chi connectivity index (χ0) is 17.5. The van der Waals surface area contributed by atoms with Crippen LogP contribution in [0.2, 0.25) is 0 Å². The van der Waals surface area contributed by atoms with Gasteiger partial charge in [-0.15, -0.1) is 0 Å². The van der Waals surface area contributed by atoms with Crippen LogP contribution >= 0.6 is 0 Å². The maximum absolute atomic E-state index is 10.9. The van der Waals surface area contributed by atoms with Gasteiger partial charge in [0, 0.05) is 0 Å². The second-order valence-electron chi connectivity index (χ2n) is 7.64. The molecule has 0 bridgehead atoms. The van der Waals surface area contributed by atoms with Crippen molar-refractivity contribution in [3.8, 4) is 0 Å². The molecule has 4 heteroatoms. The lowest BCUT2D eigenvalue weighted by molar-refractivity contribution is -0.423. The van der Waals surface area contributed by atoms with Gasteiger partial charge in [0.2, 0.25) is 0 Å². The molecule has 0 aromatic heterocycles. The lowest BCUT2D eigenvalue weighted by Gasteiger charge is -2.43. The van der Waals surface area contributed by atoms with Gasteiger partial charge in [-0.3, -0.25) is 4.79 Å². The monoisotopic (exact) mass is 328 g/mol. The maximum Gasteiger partial charge on any atom is 0.306 e. The summed E-state index contributed by atoms with van der Waals surface area (Å²) in [7, 11) is 0. The molecule has 1 fully saturated rings. The quantitative estimate of drug-likeness (QED) is 0.559. The number of carboxylic acid groups (broad SMARTS) is 1. The van der Waals surface area contributed by atoms with E-state index < -0.39 is 5.97 Å². The van der Waals surface area contributed by atoms with Crippen LogP contribution in [0.5, 0.6) is 0 Å². The van der Waals surface area contributed by atoms with Crippen molar-refractivity contribution in [1.29, 1.82) is 0 Å².